The van der Waals surface area contributed by atoms with Crippen molar-refractivity contribution in [3.05, 3.63) is 29.3 Å². The topological polar surface area (TPSA) is 55.1 Å². The van der Waals surface area contributed by atoms with Gasteiger partial charge in [-0.3, -0.25) is 4.79 Å². The molecule has 4 heteroatoms. The summed E-state index contributed by atoms with van der Waals surface area (Å²) in [6.07, 6.45) is 3.04. The average Bonchev–Trinajstić information content (AvgIpc) is 2.24. The quantitative estimate of drug-likeness (QED) is 0.610. The molecular weight excluding hydrogens is 220 g/mol. The van der Waals surface area contributed by atoms with Gasteiger partial charge in [-0.05, 0) is 37.0 Å². The number of nitrogens with one attached hydrogen (secondary N) is 1. The summed E-state index contributed by atoms with van der Waals surface area (Å²) in [5, 5.41) is 2.88. The number of nitrogen functional groups attached to an aromatic ring is 1. The van der Waals surface area contributed by atoms with Crippen molar-refractivity contribution >= 4 is 23.4 Å². The van der Waals surface area contributed by atoms with Gasteiger partial charge in [0.2, 0.25) is 0 Å². The van der Waals surface area contributed by atoms with E-state index in [2.05, 4.69) is 11.6 Å². The molecule has 1 aromatic carbocycles. The minimum atomic E-state index is -0.0725. The van der Waals surface area contributed by atoms with E-state index < -0.39 is 0 Å². The van der Waals surface area contributed by atoms with Crippen molar-refractivity contribution in [2.24, 2.45) is 0 Å². The molecule has 0 spiro atoms. The van der Waals surface area contributed by atoms with Crippen LogP contribution in [0.2, 0.25) is 0 Å². The van der Waals surface area contributed by atoms with Crippen LogP contribution in [0, 0.1) is 6.92 Å². The molecule has 0 fully saturated rings. The van der Waals surface area contributed by atoms with Crippen molar-refractivity contribution in [2.45, 2.75) is 13.3 Å². The molecule has 0 saturated carbocycles. The number of amides is 1. The van der Waals surface area contributed by atoms with E-state index in [9.17, 15) is 4.79 Å². The normalized spacial score (nSPS) is 10.1. The Labute approximate surface area is 101 Å². The smallest absolute Gasteiger partial charge is 0.253 e. The predicted octanol–water partition coefficient (Wildman–Crippen LogP) is 2.06. The third-order valence-corrected chi connectivity index (χ3v) is 3.04. The van der Waals surface area contributed by atoms with E-state index in [-0.39, 0.29) is 5.91 Å². The first-order valence-electron chi connectivity index (χ1n) is 5.29. The Hall–Kier alpha value is -1.16. The fourth-order valence-corrected chi connectivity index (χ4v) is 1.94. The molecule has 0 aliphatic rings. The number of thioether (sulfide) groups is 1. The highest BCUT2D eigenvalue weighted by atomic mass is 32.2. The van der Waals surface area contributed by atoms with Crippen LogP contribution in [-0.2, 0) is 0 Å². The zero-order chi connectivity index (χ0) is 12.0. The third-order valence-electron chi connectivity index (χ3n) is 2.34. The van der Waals surface area contributed by atoms with Gasteiger partial charge in [-0.25, -0.2) is 0 Å². The standard InChI is InChI=1S/C12H18N2OS/c1-9-5-3-6-10(13)11(9)12(15)14-7-4-8-16-2/h3,5-6H,4,7-8,13H2,1-2H3,(H,14,15). The molecule has 0 aliphatic heterocycles. The van der Waals surface area contributed by atoms with Gasteiger partial charge in [-0.2, -0.15) is 11.8 Å². The molecule has 88 valence electrons. The van der Waals surface area contributed by atoms with Gasteiger partial charge < -0.3 is 11.1 Å². The van der Waals surface area contributed by atoms with Crippen molar-refractivity contribution in [1.82, 2.24) is 5.32 Å². The second-order valence-corrected chi connectivity index (χ2v) is 4.63. The number of anilines is 1. The fraction of sp³-hybridized carbons (Fsp3) is 0.417. The van der Waals surface area contributed by atoms with E-state index in [0.29, 0.717) is 17.8 Å². The Morgan fingerprint density at radius 2 is 2.25 bits per heavy atom. The lowest BCUT2D eigenvalue weighted by molar-refractivity contribution is 0.0954. The van der Waals surface area contributed by atoms with Crippen LogP contribution in [0.25, 0.3) is 0 Å². The summed E-state index contributed by atoms with van der Waals surface area (Å²) in [7, 11) is 0. The number of aryl methyl sites for hydroxylation is 1. The van der Waals surface area contributed by atoms with Crippen molar-refractivity contribution in [3.63, 3.8) is 0 Å². The fourth-order valence-electron chi connectivity index (χ4n) is 1.51. The second kappa shape index (κ2) is 6.43. The molecule has 0 bridgehead atoms. The Balaban J connectivity index is 2.59. The minimum absolute atomic E-state index is 0.0725. The molecule has 0 heterocycles. The maximum Gasteiger partial charge on any atom is 0.253 e. The summed E-state index contributed by atoms with van der Waals surface area (Å²) >= 11 is 1.78. The second-order valence-electron chi connectivity index (χ2n) is 3.64. The predicted molar refractivity (Wildman–Crippen MR) is 70.9 cm³/mol. The van der Waals surface area contributed by atoms with E-state index in [1.807, 2.05) is 19.1 Å². The lowest BCUT2D eigenvalue weighted by Gasteiger charge is -2.09. The Bertz CT molecular complexity index is 346. The zero-order valence-electron chi connectivity index (χ0n) is 9.75. The van der Waals surface area contributed by atoms with Crippen LogP contribution in [0.15, 0.2) is 18.2 Å². The molecular formula is C12H18N2OS. The number of rotatable bonds is 5. The van der Waals surface area contributed by atoms with Crippen LogP contribution in [0.5, 0.6) is 0 Å². The summed E-state index contributed by atoms with van der Waals surface area (Å²) in [6.45, 7) is 2.60. The molecule has 0 atom stereocenters. The summed E-state index contributed by atoms with van der Waals surface area (Å²) < 4.78 is 0. The summed E-state index contributed by atoms with van der Waals surface area (Å²) in [5.41, 5.74) is 7.85. The first-order valence-corrected chi connectivity index (χ1v) is 6.68. The Kier molecular flexibility index (Phi) is 5.19. The van der Waals surface area contributed by atoms with Crippen LogP contribution in [-0.4, -0.2) is 24.5 Å². The van der Waals surface area contributed by atoms with E-state index in [1.54, 1.807) is 17.8 Å². The molecule has 3 N–H and O–H groups in total. The summed E-state index contributed by atoms with van der Waals surface area (Å²) in [4.78, 5) is 11.9. The van der Waals surface area contributed by atoms with E-state index >= 15 is 0 Å². The molecule has 3 nitrogen and oxygen atoms in total. The molecule has 1 rings (SSSR count). The minimum Gasteiger partial charge on any atom is -0.398 e. The Morgan fingerprint density at radius 3 is 2.88 bits per heavy atom. The molecule has 0 aliphatic carbocycles. The van der Waals surface area contributed by atoms with Gasteiger partial charge in [0.05, 0.1) is 5.56 Å². The van der Waals surface area contributed by atoms with E-state index in [0.717, 1.165) is 17.7 Å². The van der Waals surface area contributed by atoms with Crippen molar-refractivity contribution in [2.75, 3.05) is 24.3 Å². The number of hydrogen-bond donors (Lipinski definition) is 2. The number of hydrogen-bond acceptors (Lipinski definition) is 3. The lowest BCUT2D eigenvalue weighted by Crippen LogP contribution is -2.26. The lowest BCUT2D eigenvalue weighted by atomic mass is 10.1. The number of carbonyl (C=O) groups is 1. The van der Waals surface area contributed by atoms with E-state index in [4.69, 9.17) is 5.73 Å². The van der Waals surface area contributed by atoms with Gasteiger partial charge in [0.15, 0.2) is 0 Å². The monoisotopic (exact) mass is 238 g/mol. The van der Waals surface area contributed by atoms with Crippen LogP contribution in [0.4, 0.5) is 5.69 Å². The molecule has 1 aromatic rings. The number of benzene rings is 1. The Morgan fingerprint density at radius 1 is 1.50 bits per heavy atom. The van der Waals surface area contributed by atoms with Crippen molar-refractivity contribution in [3.8, 4) is 0 Å². The molecule has 16 heavy (non-hydrogen) atoms. The maximum absolute atomic E-state index is 11.9. The largest absolute Gasteiger partial charge is 0.398 e. The highest BCUT2D eigenvalue weighted by Crippen LogP contribution is 2.15. The highest BCUT2D eigenvalue weighted by molar-refractivity contribution is 7.98. The van der Waals surface area contributed by atoms with Crippen LogP contribution >= 0.6 is 11.8 Å². The average molecular weight is 238 g/mol. The van der Waals surface area contributed by atoms with Gasteiger partial charge in [-0.1, -0.05) is 12.1 Å². The van der Waals surface area contributed by atoms with E-state index in [1.165, 1.54) is 0 Å². The molecule has 0 radical (unpaired) electrons. The van der Waals surface area contributed by atoms with Crippen LogP contribution in [0.1, 0.15) is 22.3 Å². The van der Waals surface area contributed by atoms with Gasteiger partial charge in [-0.15, -0.1) is 0 Å². The van der Waals surface area contributed by atoms with Gasteiger partial charge in [0, 0.05) is 12.2 Å². The van der Waals surface area contributed by atoms with Gasteiger partial charge in [0.25, 0.3) is 5.91 Å². The van der Waals surface area contributed by atoms with Crippen LogP contribution in [0.3, 0.4) is 0 Å². The van der Waals surface area contributed by atoms with Gasteiger partial charge >= 0.3 is 0 Å². The zero-order valence-corrected chi connectivity index (χ0v) is 10.6. The SMILES string of the molecule is CSCCCNC(=O)c1c(C)cccc1N. The summed E-state index contributed by atoms with van der Waals surface area (Å²) in [6, 6.07) is 5.51. The maximum atomic E-state index is 11.9. The first-order chi connectivity index (χ1) is 7.66. The third kappa shape index (κ3) is 3.45. The highest BCUT2D eigenvalue weighted by Gasteiger charge is 2.11. The molecule has 1 amide bonds. The van der Waals surface area contributed by atoms with Gasteiger partial charge in [0.1, 0.15) is 0 Å². The molecule has 0 aromatic heterocycles. The van der Waals surface area contributed by atoms with Crippen molar-refractivity contribution in [1.29, 1.82) is 0 Å². The van der Waals surface area contributed by atoms with Crippen LogP contribution < -0.4 is 11.1 Å². The number of carbonyl (C=O) groups excluding carboxylic acids is 1. The first kappa shape index (κ1) is 12.9. The van der Waals surface area contributed by atoms with Crippen molar-refractivity contribution < 1.29 is 4.79 Å². The molecule has 0 unspecified atom stereocenters. The summed E-state index contributed by atoms with van der Waals surface area (Å²) in [5.74, 6) is 0.987. The number of nitrogens with two attached hydrogens (primary N) is 1. The molecule has 0 saturated heterocycles.